The van der Waals surface area contributed by atoms with Crippen LogP contribution in [0.4, 0.5) is 0 Å². The lowest BCUT2D eigenvalue weighted by atomic mass is 10.1. The number of nitrogens with zero attached hydrogens (tertiary/aromatic N) is 2. The molecule has 0 spiro atoms. The van der Waals surface area contributed by atoms with Gasteiger partial charge in [0.2, 0.25) is 0 Å². The summed E-state index contributed by atoms with van der Waals surface area (Å²) in [6, 6.07) is 11.3. The van der Waals surface area contributed by atoms with E-state index in [1.165, 1.54) is 11.3 Å². The summed E-state index contributed by atoms with van der Waals surface area (Å²) in [4.78, 5) is 19.0. The molecule has 2 rings (SSSR count). The number of carbonyl (C=O) groups excluding carboxylic acids is 1. The second-order valence-electron chi connectivity index (χ2n) is 6.70. The van der Waals surface area contributed by atoms with Crippen LogP contribution in [0, 0.1) is 0 Å². The van der Waals surface area contributed by atoms with E-state index < -0.39 is 5.60 Å². The SMILES string of the molecule is CCNC(=NCc1ccc(C(=O)N(C)C)cc1)NCC(C)(O)c1cccs1.I. The van der Waals surface area contributed by atoms with Crippen molar-refractivity contribution in [1.82, 2.24) is 15.5 Å². The van der Waals surface area contributed by atoms with Gasteiger partial charge in [-0.25, -0.2) is 4.99 Å². The topological polar surface area (TPSA) is 77.0 Å². The monoisotopic (exact) mass is 516 g/mol. The fraction of sp³-hybridized carbons (Fsp3) is 0.400. The molecule has 0 aliphatic heterocycles. The Balaban J connectivity index is 0.00000392. The van der Waals surface area contributed by atoms with Gasteiger partial charge in [-0.05, 0) is 43.0 Å². The molecule has 1 amide bonds. The first-order valence-corrected chi connectivity index (χ1v) is 9.80. The van der Waals surface area contributed by atoms with E-state index in [2.05, 4.69) is 15.6 Å². The minimum atomic E-state index is -0.960. The molecule has 154 valence electrons. The number of thiophene rings is 1. The Bertz CT molecular complexity index is 759. The number of rotatable bonds is 7. The third-order valence-electron chi connectivity index (χ3n) is 4.02. The number of nitrogens with one attached hydrogen (secondary N) is 2. The van der Waals surface area contributed by atoms with Gasteiger partial charge < -0.3 is 20.6 Å². The van der Waals surface area contributed by atoms with Crippen molar-refractivity contribution in [3.63, 3.8) is 0 Å². The second kappa shape index (κ2) is 11.4. The minimum absolute atomic E-state index is 0. The van der Waals surface area contributed by atoms with Gasteiger partial charge in [-0.2, -0.15) is 0 Å². The molecule has 8 heteroatoms. The van der Waals surface area contributed by atoms with Crippen LogP contribution in [0.15, 0.2) is 46.8 Å². The van der Waals surface area contributed by atoms with Crippen LogP contribution in [0.2, 0.25) is 0 Å². The molecule has 0 bridgehead atoms. The second-order valence-corrected chi connectivity index (χ2v) is 7.64. The summed E-state index contributed by atoms with van der Waals surface area (Å²) in [6.07, 6.45) is 0. The van der Waals surface area contributed by atoms with Gasteiger partial charge in [0.25, 0.3) is 5.91 Å². The number of hydrogen-bond acceptors (Lipinski definition) is 4. The van der Waals surface area contributed by atoms with E-state index in [9.17, 15) is 9.90 Å². The number of guanidine groups is 1. The largest absolute Gasteiger partial charge is 0.383 e. The number of hydrogen-bond donors (Lipinski definition) is 3. The Hall–Kier alpha value is -1.65. The fourth-order valence-corrected chi connectivity index (χ4v) is 3.24. The Morgan fingerprint density at radius 3 is 2.43 bits per heavy atom. The molecule has 0 saturated carbocycles. The summed E-state index contributed by atoms with van der Waals surface area (Å²) in [7, 11) is 3.47. The highest BCUT2D eigenvalue weighted by Crippen LogP contribution is 2.24. The normalized spacial score (nSPS) is 13.2. The van der Waals surface area contributed by atoms with E-state index in [0.29, 0.717) is 24.6 Å². The van der Waals surface area contributed by atoms with Crippen LogP contribution in [-0.4, -0.2) is 49.1 Å². The predicted octanol–water partition coefficient (Wildman–Crippen LogP) is 3.03. The van der Waals surface area contributed by atoms with Gasteiger partial charge in [-0.3, -0.25) is 4.79 Å². The summed E-state index contributed by atoms with van der Waals surface area (Å²) in [5, 5.41) is 19.0. The number of aliphatic hydroxyl groups is 1. The average molecular weight is 516 g/mol. The zero-order chi connectivity index (χ0) is 19.9. The van der Waals surface area contributed by atoms with Gasteiger partial charge in [0.15, 0.2) is 5.96 Å². The molecule has 28 heavy (non-hydrogen) atoms. The van der Waals surface area contributed by atoms with E-state index in [1.54, 1.807) is 25.9 Å². The summed E-state index contributed by atoms with van der Waals surface area (Å²) in [6.45, 7) is 5.35. The van der Waals surface area contributed by atoms with Crippen LogP contribution in [0.3, 0.4) is 0 Å². The van der Waals surface area contributed by atoms with Crippen molar-refractivity contribution in [2.45, 2.75) is 26.0 Å². The van der Waals surface area contributed by atoms with Crippen molar-refractivity contribution in [1.29, 1.82) is 0 Å². The number of benzene rings is 1. The Labute approximate surface area is 188 Å². The van der Waals surface area contributed by atoms with Gasteiger partial charge in [0.05, 0.1) is 13.1 Å². The van der Waals surface area contributed by atoms with Crippen molar-refractivity contribution < 1.29 is 9.90 Å². The molecule has 3 N–H and O–H groups in total. The van der Waals surface area contributed by atoms with E-state index in [1.807, 2.05) is 48.7 Å². The summed E-state index contributed by atoms with van der Waals surface area (Å²) < 4.78 is 0. The Kier molecular flexibility index (Phi) is 9.91. The maximum Gasteiger partial charge on any atom is 0.253 e. The first-order chi connectivity index (χ1) is 12.8. The standard InChI is InChI=1S/C20H28N4O2S.HI/c1-5-21-19(23-14-20(2,26)17-7-6-12-27-17)22-13-15-8-10-16(11-9-15)18(25)24(3)4;/h6-12,26H,5,13-14H2,1-4H3,(H2,21,22,23);1H. The molecule has 1 atom stereocenters. The number of aliphatic imine (C=N–C) groups is 1. The van der Waals surface area contributed by atoms with Crippen LogP contribution < -0.4 is 10.6 Å². The first-order valence-electron chi connectivity index (χ1n) is 8.92. The molecule has 1 unspecified atom stereocenters. The van der Waals surface area contributed by atoms with Gasteiger partial charge >= 0.3 is 0 Å². The number of halogens is 1. The van der Waals surface area contributed by atoms with Crippen molar-refractivity contribution in [2.24, 2.45) is 4.99 Å². The van der Waals surface area contributed by atoms with Gasteiger partial charge in [-0.1, -0.05) is 18.2 Å². The lowest BCUT2D eigenvalue weighted by molar-refractivity contribution is 0.0655. The summed E-state index contributed by atoms with van der Waals surface area (Å²) in [5.41, 5.74) is 0.704. The molecule has 1 heterocycles. The molecule has 1 aromatic heterocycles. The minimum Gasteiger partial charge on any atom is -0.383 e. The highest BCUT2D eigenvalue weighted by Gasteiger charge is 2.24. The Morgan fingerprint density at radius 2 is 1.89 bits per heavy atom. The van der Waals surface area contributed by atoms with E-state index in [-0.39, 0.29) is 29.9 Å². The van der Waals surface area contributed by atoms with E-state index in [0.717, 1.165) is 17.0 Å². The summed E-state index contributed by atoms with van der Waals surface area (Å²) in [5.74, 6) is 0.624. The molecular formula is C20H29IN4O2S. The first kappa shape index (κ1) is 24.4. The molecule has 2 aromatic rings. The molecule has 0 fully saturated rings. The van der Waals surface area contributed by atoms with Crippen LogP contribution in [0.5, 0.6) is 0 Å². The van der Waals surface area contributed by atoms with Crippen molar-refractivity contribution in [3.8, 4) is 0 Å². The van der Waals surface area contributed by atoms with E-state index >= 15 is 0 Å². The van der Waals surface area contributed by atoms with Crippen LogP contribution >= 0.6 is 35.3 Å². The Morgan fingerprint density at radius 1 is 1.21 bits per heavy atom. The van der Waals surface area contributed by atoms with Crippen LogP contribution in [0.1, 0.15) is 34.6 Å². The molecule has 1 aromatic carbocycles. The van der Waals surface area contributed by atoms with Crippen molar-refractivity contribution >= 4 is 47.2 Å². The molecular weight excluding hydrogens is 487 g/mol. The lowest BCUT2D eigenvalue weighted by Crippen LogP contribution is -2.44. The van der Waals surface area contributed by atoms with Gasteiger partial charge in [0, 0.05) is 31.1 Å². The van der Waals surface area contributed by atoms with E-state index in [4.69, 9.17) is 0 Å². The average Bonchev–Trinajstić information content (AvgIpc) is 3.19. The quantitative estimate of drug-likeness (QED) is 0.301. The predicted molar refractivity (Wildman–Crippen MR) is 127 cm³/mol. The summed E-state index contributed by atoms with van der Waals surface area (Å²) >= 11 is 1.53. The molecule has 0 radical (unpaired) electrons. The molecule has 6 nitrogen and oxygen atoms in total. The number of carbonyl (C=O) groups is 1. The van der Waals surface area contributed by atoms with Crippen molar-refractivity contribution in [3.05, 3.63) is 57.8 Å². The molecule has 0 aliphatic carbocycles. The maximum atomic E-state index is 11.9. The highest BCUT2D eigenvalue weighted by atomic mass is 127. The van der Waals surface area contributed by atoms with Crippen LogP contribution in [-0.2, 0) is 12.1 Å². The van der Waals surface area contributed by atoms with Crippen LogP contribution in [0.25, 0.3) is 0 Å². The van der Waals surface area contributed by atoms with Gasteiger partial charge in [0.1, 0.15) is 5.60 Å². The fourth-order valence-electron chi connectivity index (χ4n) is 2.45. The van der Waals surface area contributed by atoms with Crippen molar-refractivity contribution in [2.75, 3.05) is 27.2 Å². The molecule has 0 saturated heterocycles. The number of amides is 1. The zero-order valence-electron chi connectivity index (χ0n) is 16.7. The molecule has 0 aliphatic rings. The third-order valence-corrected chi connectivity index (χ3v) is 5.15. The highest BCUT2D eigenvalue weighted by molar-refractivity contribution is 14.0. The smallest absolute Gasteiger partial charge is 0.253 e. The zero-order valence-corrected chi connectivity index (χ0v) is 19.9. The lowest BCUT2D eigenvalue weighted by Gasteiger charge is -2.23. The third kappa shape index (κ3) is 7.06. The van der Waals surface area contributed by atoms with Gasteiger partial charge in [-0.15, -0.1) is 35.3 Å². The maximum absolute atomic E-state index is 11.9.